The van der Waals surface area contributed by atoms with Gasteiger partial charge >= 0.3 is 5.97 Å². The number of esters is 1. The first-order chi connectivity index (χ1) is 8.37. The highest BCUT2D eigenvalue weighted by molar-refractivity contribution is 7.96. The SMILES string of the molecule is COC(=O)C(O)C1=Cc2cc(O)ccc2S1(=O)=O. The van der Waals surface area contributed by atoms with Gasteiger partial charge in [0.2, 0.25) is 9.84 Å². The van der Waals surface area contributed by atoms with Crippen molar-refractivity contribution < 1.29 is 28.2 Å². The minimum atomic E-state index is -3.92. The van der Waals surface area contributed by atoms with Crippen LogP contribution in [0.4, 0.5) is 0 Å². The van der Waals surface area contributed by atoms with E-state index < -0.39 is 26.8 Å². The molecule has 0 saturated heterocycles. The van der Waals surface area contributed by atoms with Crippen LogP contribution in [0.1, 0.15) is 5.56 Å². The van der Waals surface area contributed by atoms with Gasteiger partial charge in [-0.1, -0.05) is 0 Å². The summed E-state index contributed by atoms with van der Waals surface area (Å²) in [7, 11) is -2.87. The Morgan fingerprint density at radius 1 is 1.39 bits per heavy atom. The molecule has 0 bridgehead atoms. The number of carbonyl (C=O) groups is 1. The summed E-state index contributed by atoms with van der Waals surface area (Å²) in [6, 6.07) is 3.68. The Morgan fingerprint density at radius 2 is 2.06 bits per heavy atom. The van der Waals surface area contributed by atoms with Crippen molar-refractivity contribution in [2.24, 2.45) is 0 Å². The standard InChI is InChI=1S/C11H10O6S/c1-17-11(14)10(13)9-5-6-4-7(12)2-3-8(6)18(9,15)16/h2-5,10,12-13H,1H3. The van der Waals surface area contributed by atoms with Gasteiger partial charge in [0.1, 0.15) is 5.75 Å². The quantitative estimate of drug-likeness (QED) is 0.737. The molecule has 0 amide bonds. The number of phenols is 1. The number of hydrogen-bond donors (Lipinski definition) is 2. The molecule has 6 nitrogen and oxygen atoms in total. The van der Waals surface area contributed by atoms with Crippen LogP contribution in [-0.2, 0) is 19.4 Å². The van der Waals surface area contributed by atoms with Gasteiger partial charge in [-0.15, -0.1) is 0 Å². The Bertz CT molecular complexity index is 643. The third-order valence-corrected chi connectivity index (χ3v) is 4.50. The maximum atomic E-state index is 12.0. The summed E-state index contributed by atoms with van der Waals surface area (Å²) in [4.78, 5) is 10.7. The average molecular weight is 270 g/mol. The van der Waals surface area contributed by atoms with Gasteiger partial charge in [-0.2, -0.15) is 0 Å². The van der Waals surface area contributed by atoms with Crippen LogP contribution < -0.4 is 0 Å². The van der Waals surface area contributed by atoms with Crippen LogP contribution in [0.25, 0.3) is 6.08 Å². The van der Waals surface area contributed by atoms with Crippen molar-refractivity contribution in [3.05, 3.63) is 28.7 Å². The third kappa shape index (κ3) is 1.77. The van der Waals surface area contributed by atoms with Crippen molar-refractivity contribution in [2.45, 2.75) is 11.0 Å². The number of hydrogen-bond acceptors (Lipinski definition) is 6. The van der Waals surface area contributed by atoms with E-state index in [2.05, 4.69) is 4.74 Å². The summed E-state index contributed by atoms with van der Waals surface area (Å²) >= 11 is 0. The minimum absolute atomic E-state index is 0.0572. The Morgan fingerprint density at radius 3 is 2.67 bits per heavy atom. The molecule has 1 aromatic rings. The monoisotopic (exact) mass is 270 g/mol. The Balaban J connectivity index is 2.54. The lowest BCUT2D eigenvalue weighted by molar-refractivity contribution is -0.147. The average Bonchev–Trinajstić information content (AvgIpc) is 2.58. The normalized spacial score (nSPS) is 17.8. The van der Waals surface area contributed by atoms with Gasteiger partial charge < -0.3 is 14.9 Å². The Kier molecular flexibility index (Phi) is 2.88. The van der Waals surface area contributed by atoms with Gasteiger partial charge in [-0.3, -0.25) is 0 Å². The molecular weight excluding hydrogens is 260 g/mol. The van der Waals surface area contributed by atoms with E-state index in [-0.39, 0.29) is 16.2 Å². The zero-order valence-electron chi connectivity index (χ0n) is 9.32. The lowest BCUT2D eigenvalue weighted by Crippen LogP contribution is -2.26. The van der Waals surface area contributed by atoms with Crippen LogP contribution in [0.15, 0.2) is 28.0 Å². The smallest absolute Gasteiger partial charge is 0.340 e. The molecule has 7 heteroatoms. The van der Waals surface area contributed by atoms with Gasteiger partial charge in [0.25, 0.3) is 0 Å². The highest BCUT2D eigenvalue weighted by Crippen LogP contribution is 2.36. The highest BCUT2D eigenvalue weighted by Gasteiger charge is 2.37. The second-order valence-electron chi connectivity index (χ2n) is 3.70. The van der Waals surface area contributed by atoms with E-state index in [0.29, 0.717) is 0 Å². The summed E-state index contributed by atoms with van der Waals surface area (Å²) < 4.78 is 28.4. The number of methoxy groups -OCH3 is 1. The molecule has 2 N–H and O–H groups in total. The van der Waals surface area contributed by atoms with Gasteiger partial charge in [-0.25, -0.2) is 13.2 Å². The molecule has 0 fully saturated rings. The molecule has 1 aliphatic rings. The molecule has 2 rings (SSSR count). The number of aliphatic hydroxyl groups excluding tert-OH is 1. The molecule has 0 aliphatic carbocycles. The topological polar surface area (TPSA) is 101 Å². The first kappa shape index (κ1) is 12.6. The van der Waals surface area contributed by atoms with Gasteiger partial charge in [0.15, 0.2) is 6.10 Å². The van der Waals surface area contributed by atoms with Crippen LogP contribution >= 0.6 is 0 Å². The van der Waals surface area contributed by atoms with Crippen molar-refractivity contribution in [3.63, 3.8) is 0 Å². The molecule has 1 aromatic carbocycles. The Labute approximate surface area is 103 Å². The zero-order chi connectivity index (χ0) is 13.5. The highest BCUT2D eigenvalue weighted by atomic mass is 32.2. The van der Waals surface area contributed by atoms with Gasteiger partial charge in [0, 0.05) is 0 Å². The Hall–Kier alpha value is -1.86. The van der Waals surface area contributed by atoms with E-state index in [0.717, 1.165) is 13.2 Å². The van der Waals surface area contributed by atoms with E-state index in [1.165, 1.54) is 18.2 Å². The molecule has 0 aromatic heterocycles. The van der Waals surface area contributed by atoms with E-state index >= 15 is 0 Å². The molecule has 1 atom stereocenters. The first-order valence-electron chi connectivity index (χ1n) is 4.93. The molecular formula is C11H10O6S. The lowest BCUT2D eigenvalue weighted by atomic mass is 10.2. The molecule has 0 spiro atoms. The van der Waals surface area contributed by atoms with Crippen molar-refractivity contribution in [1.29, 1.82) is 0 Å². The van der Waals surface area contributed by atoms with E-state index in [9.17, 15) is 23.4 Å². The summed E-state index contributed by atoms with van der Waals surface area (Å²) in [6.45, 7) is 0. The maximum absolute atomic E-state index is 12.0. The van der Waals surface area contributed by atoms with Crippen LogP contribution in [0.5, 0.6) is 5.75 Å². The molecule has 96 valence electrons. The summed E-state index contributed by atoms with van der Waals surface area (Å²) in [6.07, 6.45) is -0.721. The molecule has 0 radical (unpaired) electrons. The predicted octanol–water partition coefficient (Wildman–Crippen LogP) is 0.0543. The molecule has 0 saturated carbocycles. The number of aromatic hydroxyl groups is 1. The molecule has 1 unspecified atom stereocenters. The molecule has 18 heavy (non-hydrogen) atoms. The maximum Gasteiger partial charge on any atom is 0.340 e. The van der Waals surface area contributed by atoms with Crippen LogP contribution in [0.2, 0.25) is 0 Å². The van der Waals surface area contributed by atoms with Crippen LogP contribution in [0, 0.1) is 0 Å². The number of fused-ring (bicyclic) bond motifs is 1. The van der Waals surface area contributed by atoms with Crippen LogP contribution in [0.3, 0.4) is 0 Å². The predicted molar refractivity (Wildman–Crippen MR) is 61.3 cm³/mol. The largest absolute Gasteiger partial charge is 0.508 e. The van der Waals surface area contributed by atoms with E-state index in [4.69, 9.17) is 0 Å². The van der Waals surface area contributed by atoms with Crippen molar-refractivity contribution in [3.8, 4) is 5.75 Å². The summed E-state index contributed by atoms with van der Waals surface area (Å²) in [5.41, 5.74) is 0.230. The number of sulfone groups is 1. The summed E-state index contributed by atoms with van der Waals surface area (Å²) in [5.74, 6) is -1.16. The second kappa shape index (κ2) is 4.11. The number of benzene rings is 1. The zero-order valence-corrected chi connectivity index (χ0v) is 10.1. The number of phenolic OH excluding ortho intramolecular Hbond substituents is 1. The number of aliphatic hydroxyl groups is 1. The fourth-order valence-electron chi connectivity index (χ4n) is 1.70. The minimum Gasteiger partial charge on any atom is -0.508 e. The second-order valence-corrected chi connectivity index (χ2v) is 5.62. The van der Waals surface area contributed by atoms with Crippen LogP contribution in [-0.4, -0.2) is 37.8 Å². The third-order valence-electron chi connectivity index (χ3n) is 2.58. The van der Waals surface area contributed by atoms with Crippen molar-refractivity contribution >= 4 is 21.9 Å². The fraction of sp³-hybridized carbons (Fsp3) is 0.182. The number of ether oxygens (including phenoxy) is 1. The van der Waals surface area contributed by atoms with E-state index in [1.54, 1.807) is 0 Å². The number of carbonyl (C=O) groups excluding carboxylic acids is 1. The van der Waals surface area contributed by atoms with Crippen molar-refractivity contribution in [1.82, 2.24) is 0 Å². The van der Waals surface area contributed by atoms with E-state index in [1.807, 2.05) is 0 Å². The fourth-order valence-corrected chi connectivity index (χ4v) is 3.31. The van der Waals surface area contributed by atoms with Gasteiger partial charge in [-0.05, 0) is 29.8 Å². The van der Waals surface area contributed by atoms with Crippen molar-refractivity contribution in [2.75, 3.05) is 7.11 Å². The molecule has 1 aliphatic heterocycles. The summed E-state index contributed by atoms with van der Waals surface area (Å²) in [5, 5.41) is 18.9. The van der Waals surface area contributed by atoms with Gasteiger partial charge in [0.05, 0.1) is 16.9 Å². The first-order valence-corrected chi connectivity index (χ1v) is 6.42. The lowest BCUT2D eigenvalue weighted by Gasteiger charge is -2.09. The number of rotatable bonds is 2. The molecule has 1 heterocycles.